The Bertz CT molecular complexity index is 894. The molecule has 1 rings (SSSR count). The van der Waals surface area contributed by atoms with E-state index in [1.165, 1.54) is 147 Å². The van der Waals surface area contributed by atoms with Gasteiger partial charge in [0.15, 0.2) is 5.69 Å². The van der Waals surface area contributed by atoms with E-state index < -0.39 is 21.8 Å². The third kappa shape index (κ3) is 22.5. The van der Waals surface area contributed by atoms with Gasteiger partial charge in [0, 0.05) is 12.1 Å². The Morgan fingerprint density at radius 2 is 1.00 bits per heavy atom. The third-order valence-electron chi connectivity index (χ3n) is 9.14. The number of hydrogen-bond acceptors (Lipinski definition) is 6. The summed E-state index contributed by atoms with van der Waals surface area (Å²) < 4.78 is 5.85. The summed E-state index contributed by atoms with van der Waals surface area (Å²) in [6.45, 7) is 4.50. The van der Waals surface area contributed by atoms with E-state index in [2.05, 4.69) is 13.8 Å². The molecule has 0 heterocycles. The first-order valence-electron chi connectivity index (χ1n) is 19.1. The molecular weight excluding hydrogens is 580 g/mol. The van der Waals surface area contributed by atoms with Gasteiger partial charge in [-0.05, 0) is 25.7 Å². The Hall–Kier alpha value is -2.03. The summed E-state index contributed by atoms with van der Waals surface area (Å²) in [7, 11) is 0. The van der Waals surface area contributed by atoms with Gasteiger partial charge in [-0.15, -0.1) is 0 Å². The third-order valence-corrected chi connectivity index (χ3v) is 9.14. The van der Waals surface area contributed by atoms with Crippen LogP contribution in [-0.2, 0) is 4.74 Å². The summed E-state index contributed by atoms with van der Waals surface area (Å²) in [6.07, 6.45) is 34.5. The molecule has 46 heavy (non-hydrogen) atoms. The van der Waals surface area contributed by atoms with Gasteiger partial charge < -0.3 is 9.94 Å². The predicted octanol–water partition coefficient (Wildman–Crippen LogP) is 11.5. The first-order chi connectivity index (χ1) is 22.4. The molecule has 1 aromatic carbocycles. The lowest BCUT2D eigenvalue weighted by Crippen LogP contribution is -2.99. The molecule has 0 aliphatic carbocycles. The van der Waals surface area contributed by atoms with Gasteiger partial charge in [0.1, 0.15) is 6.10 Å². The Kier molecular flexibility index (Phi) is 26.6. The molecule has 0 aromatic heterocycles. The van der Waals surface area contributed by atoms with Gasteiger partial charge in [-0.2, -0.15) is 5.23 Å². The molecule has 0 bridgehead atoms. The SMILES string of the molecule is CCCCCCCCCCCCCCCCCCCC(CCCCCCCCCCC)OC(=O)c1cc([N+](=O)[O-])cc([NH+]([O-])O)c1. The van der Waals surface area contributed by atoms with Crippen LogP contribution in [0.1, 0.15) is 204 Å². The van der Waals surface area contributed by atoms with Crippen molar-refractivity contribution in [2.45, 2.75) is 200 Å². The highest BCUT2D eigenvalue weighted by atomic mass is 16.8. The summed E-state index contributed by atoms with van der Waals surface area (Å²) in [5.74, 6) is -0.681. The molecule has 266 valence electrons. The number of ether oxygens (including phenoxy) is 1. The number of nitrogens with zero attached hydrogens (tertiary/aromatic N) is 1. The topological polar surface area (TPSA) is 117 Å². The molecule has 2 unspecified atom stereocenters. The average molecular weight is 649 g/mol. The van der Waals surface area contributed by atoms with Gasteiger partial charge in [0.2, 0.25) is 0 Å². The van der Waals surface area contributed by atoms with Gasteiger partial charge in [-0.1, -0.05) is 168 Å². The minimum absolute atomic E-state index is 0.0777. The summed E-state index contributed by atoms with van der Waals surface area (Å²) in [6, 6.07) is 3.25. The van der Waals surface area contributed by atoms with Crippen molar-refractivity contribution in [1.29, 1.82) is 0 Å². The van der Waals surface area contributed by atoms with Crippen molar-refractivity contribution in [2.24, 2.45) is 0 Å². The van der Waals surface area contributed by atoms with E-state index in [4.69, 9.17) is 4.74 Å². The van der Waals surface area contributed by atoms with Crippen LogP contribution in [0.25, 0.3) is 0 Å². The standard InChI is InChI=1S/C38H68N2O6/c1-3-5-7-9-11-13-14-15-16-17-18-19-20-22-24-26-28-30-37(29-27-25-23-21-12-10-8-6-4-2)46-38(41)34-31-35(39(42)43)33-36(32-34)40(44)45/h31-33,37,39,42H,3-30H2,1-2H3. The van der Waals surface area contributed by atoms with Crippen molar-refractivity contribution in [3.8, 4) is 0 Å². The number of quaternary nitrogens is 1. The predicted molar refractivity (Wildman–Crippen MR) is 189 cm³/mol. The fourth-order valence-corrected chi connectivity index (χ4v) is 6.22. The zero-order valence-electron chi connectivity index (χ0n) is 29.5. The number of unbranched alkanes of at least 4 members (excludes halogenated alkanes) is 24. The highest BCUT2D eigenvalue weighted by Gasteiger charge is 2.21. The second-order valence-corrected chi connectivity index (χ2v) is 13.4. The van der Waals surface area contributed by atoms with Crippen LogP contribution in [0.3, 0.4) is 0 Å². The number of nitrogens with one attached hydrogen (secondary N) is 1. The quantitative estimate of drug-likeness (QED) is 0.0347. The maximum Gasteiger partial charge on any atom is 0.338 e. The van der Waals surface area contributed by atoms with E-state index in [-0.39, 0.29) is 17.4 Å². The normalized spacial score (nSPS) is 12.7. The molecule has 1 aromatic rings. The monoisotopic (exact) mass is 649 g/mol. The number of benzene rings is 1. The second kappa shape index (κ2) is 29.1. The molecule has 0 spiro atoms. The van der Waals surface area contributed by atoms with Crippen molar-refractivity contribution < 1.29 is 24.9 Å². The summed E-state index contributed by atoms with van der Waals surface area (Å²) >= 11 is 0. The molecule has 2 N–H and O–H groups in total. The molecule has 0 aliphatic rings. The summed E-state index contributed by atoms with van der Waals surface area (Å²) in [4.78, 5) is 23.6. The first kappa shape index (κ1) is 42.0. The van der Waals surface area contributed by atoms with E-state index in [0.717, 1.165) is 50.7 Å². The Balaban J connectivity index is 2.37. The number of nitro benzene ring substituents is 1. The molecule has 0 saturated carbocycles. The van der Waals surface area contributed by atoms with Crippen LogP contribution < -0.4 is 5.23 Å². The summed E-state index contributed by atoms with van der Waals surface area (Å²) in [5.41, 5.74) is -0.786. The zero-order valence-corrected chi connectivity index (χ0v) is 29.5. The minimum Gasteiger partial charge on any atom is -0.595 e. The van der Waals surface area contributed by atoms with Crippen molar-refractivity contribution in [1.82, 2.24) is 0 Å². The highest BCUT2D eigenvalue weighted by molar-refractivity contribution is 5.91. The molecule has 0 aliphatic heterocycles. The smallest absolute Gasteiger partial charge is 0.338 e. The number of non-ortho nitro benzene ring substituents is 1. The number of hydrogen-bond donors (Lipinski definition) is 2. The van der Waals surface area contributed by atoms with E-state index >= 15 is 0 Å². The number of carbonyl (C=O) groups is 1. The largest absolute Gasteiger partial charge is 0.595 e. The van der Waals surface area contributed by atoms with Crippen LogP contribution in [-0.4, -0.2) is 22.2 Å². The van der Waals surface area contributed by atoms with Crippen LogP contribution in [0.4, 0.5) is 11.4 Å². The molecular formula is C38H68N2O6. The number of rotatable bonds is 32. The lowest BCUT2D eigenvalue weighted by Gasteiger charge is -2.19. The molecule has 0 fully saturated rings. The van der Waals surface area contributed by atoms with Crippen molar-refractivity contribution in [3.05, 3.63) is 39.1 Å². The maximum absolute atomic E-state index is 13.0. The number of esters is 1. The van der Waals surface area contributed by atoms with Crippen LogP contribution in [0, 0.1) is 15.3 Å². The maximum atomic E-state index is 13.0. The average Bonchev–Trinajstić information content (AvgIpc) is 3.04. The van der Waals surface area contributed by atoms with Gasteiger partial charge in [-0.3, -0.25) is 10.1 Å². The second-order valence-electron chi connectivity index (χ2n) is 13.4. The number of nitro groups is 1. The molecule has 8 heteroatoms. The van der Waals surface area contributed by atoms with Gasteiger partial charge >= 0.3 is 5.97 Å². The Labute approximate surface area is 280 Å². The van der Waals surface area contributed by atoms with Crippen molar-refractivity contribution in [2.75, 3.05) is 0 Å². The molecule has 8 nitrogen and oxygen atoms in total. The van der Waals surface area contributed by atoms with Crippen molar-refractivity contribution >= 4 is 17.3 Å². The van der Waals surface area contributed by atoms with E-state index in [9.17, 15) is 25.3 Å². The molecule has 2 atom stereocenters. The highest BCUT2D eigenvalue weighted by Crippen LogP contribution is 2.23. The van der Waals surface area contributed by atoms with Crippen LogP contribution >= 0.6 is 0 Å². The van der Waals surface area contributed by atoms with Crippen LogP contribution in [0.2, 0.25) is 0 Å². The van der Waals surface area contributed by atoms with E-state index in [1.807, 2.05) is 0 Å². The molecule has 0 radical (unpaired) electrons. The fourth-order valence-electron chi connectivity index (χ4n) is 6.22. The Morgan fingerprint density at radius 1 is 0.652 bits per heavy atom. The minimum atomic E-state index is -1.31. The lowest BCUT2D eigenvalue weighted by molar-refractivity contribution is -0.991. The van der Waals surface area contributed by atoms with Crippen LogP contribution in [0.5, 0.6) is 0 Å². The zero-order chi connectivity index (χ0) is 33.7. The van der Waals surface area contributed by atoms with Gasteiger partial charge in [0.05, 0.1) is 16.6 Å². The molecule has 0 saturated heterocycles. The van der Waals surface area contributed by atoms with E-state index in [1.54, 1.807) is 0 Å². The lowest BCUT2D eigenvalue weighted by atomic mass is 10.0. The molecule has 0 amide bonds. The summed E-state index contributed by atoms with van der Waals surface area (Å²) in [5, 5.41) is 30.9. The van der Waals surface area contributed by atoms with Gasteiger partial charge in [-0.25, -0.2) is 10.0 Å². The number of carbonyl (C=O) groups excluding carboxylic acids is 1. The van der Waals surface area contributed by atoms with Crippen LogP contribution in [0.15, 0.2) is 18.2 Å². The Morgan fingerprint density at radius 3 is 1.33 bits per heavy atom. The first-order valence-corrected chi connectivity index (χ1v) is 19.1. The van der Waals surface area contributed by atoms with E-state index in [0.29, 0.717) is 0 Å². The van der Waals surface area contributed by atoms with Crippen molar-refractivity contribution in [3.63, 3.8) is 0 Å². The fraction of sp³-hybridized carbons (Fsp3) is 0.816. The van der Waals surface area contributed by atoms with Gasteiger partial charge in [0.25, 0.3) is 5.69 Å².